The third-order valence-electron chi connectivity index (χ3n) is 3.87. The molecule has 0 bridgehead atoms. The van der Waals surface area contributed by atoms with E-state index in [4.69, 9.17) is 10.8 Å². The lowest BCUT2D eigenvalue weighted by atomic mass is 9.86. The Morgan fingerprint density at radius 1 is 1.25 bits per heavy atom. The molecule has 5 heteroatoms. The summed E-state index contributed by atoms with van der Waals surface area (Å²) in [5.41, 5.74) is 7.49. The molecule has 4 N–H and O–H groups in total. The highest BCUT2D eigenvalue weighted by molar-refractivity contribution is 5.94. The van der Waals surface area contributed by atoms with Crippen molar-refractivity contribution < 1.29 is 14.7 Å². The van der Waals surface area contributed by atoms with Crippen LogP contribution in [0.3, 0.4) is 0 Å². The number of amides is 1. The Hall–Kier alpha value is -1.88. The normalized spacial score (nSPS) is 22.3. The highest BCUT2D eigenvalue weighted by Gasteiger charge is 2.24. The molecule has 0 atom stereocenters. The van der Waals surface area contributed by atoms with Gasteiger partial charge in [0.2, 0.25) is 5.91 Å². The molecule has 1 aliphatic rings. The van der Waals surface area contributed by atoms with Gasteiger partial charge in [-0.25, -0.2) is 4.79 Å². The quantitative estimate of drug-likeness (QED) is 0.788. The minimum absolute atomic E-state index is 0.00285. The second kappa shape index (κ2) is 6.05. The Kier molecular flexibility index (Phi) is 4.39. The third-order valence-corrected chi connectivity index (χ3v) is 3.87. The minimum atomic E-state index is -0.966. The van der Waals surface area contributed by atoms with Gasteiger partial charge < -0.3 is 16.2 Å². The number of hydrogen-bond acceptors (Lipinski definition) is 3. The van der Waals surface area contributed by atoms with Gasteiger partial charge in [0.1, 0.15) is 0 Å². The number of aromatic carboxylic acids is 1. The van der Waals surface area contributed by atoms with Gasteiger partial charge in [-0.3, -0.25) is 4.79 Å². The Morgan fingerprint density at radius 3 is 2.45 bits per heavy atom. The average molecular weight is 276 g/mol. The number of nitrogens with two attached hydrogens (primary N) is 1. The van der Waals surface area contributed by atoms with Gasteiger partial charge in [0.25, 0.3) is 0 Å². The smallest absolute Gasteiger partial charge is 0.335 e. The molecule has 0 radical (unpaired) electrons. The first-order valence-electron chi connectivity index (χ1n) is 6.87. The zero-order valence-corrected chi connectivity index (χ0v) is 11.6. The second-order valence-electron chi connectivity index (χ2n) is 5.44. The minimum Gasteiger partial charge on any atom is -0.478 e. The Bertz CT molecular complexity index is 520. The number of rotatable bonds is 3. The van der Waals surface area contributed by atoms with Crippen molar-refractivity contribution in [1.29, 1.82) is 0 Å². The monoisotopic (exact) mass is 276 g/mol. The molecule has 0 heterocycles. The van der Waals surface area contributed by atoms with Gasteiger partial charge in [0, 0.05) is 17.6 Å². The van der Waals surface area contributed by atoms with Gasteiger partial charge in [0.15, 0.2) is 0 Å². The van der Waals surface area contributed by atoms with Gasteiger partial charge in [-0.15, -0.1) is 0 Å². The Labute approximate surface area is 118 Å². The van der Waals surface area contributed by atoms with Crippen LogP contribution in [0.25, 0.3) is 0 Å². The maximum atomic E-state index is 12.2. The topological polar surface area (TPSA) is 92.4 Å². The predicted octanol–water partition coefficient (Wildman–Crippen LogP) is 2.15. The molecular weight excluding hydrogens is 256 g/mol. The van der Waals surface area contributed by atoms with Crippen molar-refractivity contribution in [2.24, 2.45) is 11.7 Å². The van der Waals surface area contributed by atoms with E-state index in [1.54, 1.807) is 19.1 Å². The van der Waals surface area contributed by atoms with Gasteiger partial charge in [0.05, 0.1) is 5.56 Å². The van der Waals surface area contributed by atoms with E-state index < -0.39 is 5.97 Å². The number of carbonyl (C=O) groups excluding carboxylic acids is 1. The lowest BCUT2D eigenvalue weighted by molar-refractivity contribution is -0.120. The van der Waals surface area contributed by atoms with Crippen molar-refractivity contribution in [3.63, 3.8) is 0 Å². The summed E-state index contributed by atoms with van der Waals surface area (Å²) in [5, 5.41) is 11.8. The molecule has 0 aromatic heterocycles. The van der Waals surface area contributed by atoms with Gasteiger partial charge in [-0.05, 0) is 56.4 Å². The Morgan fingerprint density at radius 2 is 1.90 bits per heavy atom. The lowest BCUT2D eigenvalue weighted by Gasteiger charge is -2.25. The van der Waals surface area contributed by atoms with Crippen LogP contribution in [0.4, 0.5) is 5.69 Å². The van der Waals surface area contributed by atoms with Crippen LogP contribution in [0.15, 0.2) is 18.2 Å². The van der Waals surface area contributed by atoms with Crippen molar-refractivity contribution in [3.05, 3.63) is 29.3 Å². The van der Waals surface area contributed by atoms with Crippen molar-refractivity contribution in [2.45, 2.75) is 38.6 Å². The number of benzene rings is 1. The van der Waals surface area contributed by atoms with Crippen LogP contribution in [0.5, 0.6) is 0 Å². The van der Waals surface area contributed by atoms with Crippen molar-refractivity contribution in [1.82, 2.24) is 0 Å². The first-order valence-corrected chi connectivity index (χ1v) is 6.87. The molecular formula is C15H20N2O3. The van der Waals surface area contributed by atoms with Crippen LogP contribution < -0.4 is 11.1 Å². The lowest BCUT2D eigenvalue weighted by Crippen LogP contribution is -2.32. The van der Waals surface area contributed by atoms with E-state index >= 15 is 0 Å². The maximum absolute atomic E-state index is 12.2. The van der Waals surface area contributed by atoms with E-state index in [-0.39, 0.29) is 23.4 Å². The summed E-state index contributed by atoms with van der Waals surface area (Å²) in [6.45, 7) is 1.79. The first kappa shape index (κ1) is 14.5. The van der Waals surface area contributed by atoms with Crippen molar-refractivity contribution in [2.75, 3.05) is 5.32 Å². The fourth-order valence-corrected chi connectivity index (χ4v) is 2.55. The van der Waals surface area contributed by atoms with E-state index in [1.807, 2.05) is 0 Å². The van der Waals surface area contributed by atoms with E-state index in [1.165, 1.54) is 6.07 Å². The molecule has 0 saturated heterocycles. The summed E-state index contributed by atoms with van der Waals surface area (Å²) in [7, 11) is 0. The summed E-state index contributed by atoms with van der Waals surface area (Å²) < 4.78 is 0. The van der Waals surface area contributed by atoms with Crippen LogP contribution in [-0.2, 0) is 4.79 Å². The molecule has 1 amide bonds. The highest BCUT2D eigenvalue weighted by atomic mass is 16.4. The second-order valence-corrected chi connectivity index (χ2v) is 5.44. The molecule has 1 saturated carbocycles. The SMILES string of the molecule is Cc1cc(C(=O)O)ccc1NC(=O)C1CCC(N)CC1. The molecule has 20 heavy (non-hydrogen) atoms. The van der Waals surface area contributed by atoms with Gasteiger partial charge in [-0.2, -0.15) is 0 Å². The zero-order chi connectivity index (χ0) is 14.7. The van der Waals surface area contributed by atoms with Crippen molar-refractivity contribution in [3.8, 4) is 0 Å². The predicted molar refractivity (Wildman–Crippen MR) is 76.7 cm³/mol. The first-order chi connectivity index (χ1) is 9.47. The largest absolute Gasteiger partial charge is 0.478 e. The summed E-state index contributed by atoms with van der Waals surface area (Å²) in [6.07, 6.45) is 3.41. The number of aryl methyl sites for hydroxylation is 1. The summed E-state index contributed by atoms with van der Waals surface area (Å²) in [5.74, 6) is -0.955. The molecule has 1 aromatic rings. The zero-order valence-electron chi connectivity index (χ0n) is 11.6. The van der Waals surface area contributed by atoms with Crippen LogP contribution in [0.2, 0.25) is 0 Å². The van der Waals surface area contributed by atoms with E-state index in [2.05, 4.69) is 5.32 Å². The van der Waals surface area contributed by atoms with Crippen LogP contribution in [-0.4, -0.2) is 23.0 Å². The molecule has 1 aromatic carbocycles. The molecule has 1 fully saturated rings. The number of carboxylic acid groups (broad SMARTS) is 1. The maximum Gasteiger partial charge on any atom is 0.335 e. The molecule has 0 spiro atoms. The molecule has 1 aliphatic carbocycles. The molecule has 5 nitrogen and oxygen atoms in total. The molecule has 108 valence electrons. The third kappa shape index (κ3) is 3.36. The van der Waals surface area contributed by atoms with E-state index in [0.29, 0.717) is 5.69 Å². The molecule has 0 aliphatic heterocycles. The average Bonchev–Trinajstić information content (AvgIpc) is 2.41. The van der Waals surface area contributed by atoms with Gasteiger partial charge in [-0.1, -0.05) is 0 Å². The standard InChI is InChI=1S/C15H20N2O3/c1-9-8-11(15(19)20)4-7-13(9)17-14(18)10-2-5-12(16)6-3-10/h4,7-8,10,12H,2-3,5-6,16H2,1H3,(H,17,18)(H,19,20). The van der Waals surface area contributed by atoms with Crippen molar-refractivity contribution >= 4 is 17.6 Å². The number of anilines is 1. The highest BCUT2D eigenvalue weighted by Crippen LogP contribution is 2.25. The van der Waals surface area contributed by atoms with E-state index in [9.17, 15) is 9.59 Å². The summed E-state index contributed by atoms with van der Waals surface area (Å²) in [4.78, 5) is 23.0. The van der Waals surface area contributed by atoms with E-state index in [0.717, 1.165) is 31.2 Å². The molecule has 0 unspecified atom stereocenters. The number of carboxylic acids is 1. The number of hydrogen-bond donors (Lipinski definition) is 3. The summed E-state index contributed by atoms with van der Waals surface area (Å²) in [6, 6.07) is 4.93. The summed E-state index contributed by atoms with van der Waals surface area (Å²) >= 11 is 0. The van der Waals surface area contributed by atoms with Crippen LogP contribution >= 0.6 is 0 Å². The molecule has 2 rings (SSSR count). The fourth-order valence-electron chi connectivity index (χ4n) is 2.55. The Balaban J connectivity index is 2.02. The van der Waals surface area contributed by atoms with Crippen LogP contribution in [0, 0.1) is 12.8 Å². The van der Waals surface area contributed by atoms with Gasteiger partial charge >= 0.3 is 5.97 Å². The fraction of sp³-hybridized carbons (Fsp3) is 0.467. The number of nitrogens with one attached hydrogen (secondary N) is 1. The number of carbonyl (C=O) groups is 2. The van der Waals surface area contributed by atoms with Crippen LogP contribution in [0.1, 0.15) is 41.6 Å².